The lowest BCUT2D eigenvalue weighted by molar-refractivity contribution is -0.126. The molecule has 0 spiro atoms. The Bertz CT molecular complexity index is 430. The number of likely N-dealkylation sites (N-methyl/N-ethyl adjacent to an activating group) is 1. The third-order valence-electron chi connectivity index (χ3n) is 3.72. The standard InChI is InChI=1S/C15H22N2O2/c1-10-4-6-12(7-5-10)11(2)17-15(18)13-8-19-9-14(13)16-3/h4-7,11,13-14,16H,8-9H2,1-3H3,(H,17,18)/t11-,13?,14?/m1/s1. The molecule has 1 aromatic carbocycles. The van der Waals surface area contributed by atoms with Gasteiger partial charge in [0.2, 0.25) is 5.91 Å². The second-order valence-electron chi connectivity index (χ2n) is 5.18. The average molecular weight is 262 g/mol. The third-order valence-corrected chi connectivity index (χ3v) is 3.72. The van der Waals surface area contributed by atoms with Crippen molar-refractivity contribution in [1.82, 2.24) is 10.6 Å². The molecule has 2 N–H and O–H groups in total. The fourth-order valence-corrected chi connectivity index (χ4v) is 2.36. The average Bonchev–Trinajstić information content (AvgIpc) is 2.87. The van der Waals surface area contributed by atoms with Crippen LogP contribution in [0.1, 0.15) is 24.1 Å². The zero-order chi connectivity index (χ0) is 13.8. The molecule has 3 atom stereocenters. The summed E-state index contributed by atoms with van der Waals surface area (Å²) < 4.78 is 5.36. The first-order valence-electron chi connectivity index (χ1n) is 6.73. The molecule has 2 unspecified atom stereocenters. The molecule has 1 heterocycles. The van der Waals surface area contributed by atoms with E-state index < -0.39 is 0 Å². The summed E-state index contributed by atoms with van der Waals surface area (Å²) >= 11 is 0. The lowest BCUT2D eigenvalue weighted by atomic mass is 10.0. The minimum Gasteiger partial charge on any atom is -0.379 e. The van der Waals surface area contributed by atoms with Crippen molar-refractivity contribution in [3.63, 3.8) is 0 Å². The van der Waals surface area contributed by atoms with Crippen molar-refractivity contribution in [2.75, 3.05) is 20.3 Å². The van der Waals surface area contributed by atoms with Crippen LogP contribution in [-0.4, -0.2) is 32.2 Å². The molecule has 0 aromatic heterocycles. The lowest BCUT2D eigenvalue weighted by Gasteiger charge is -2.20. The van der Waals surface area contributed by atoms with E-state index in [0.717, 1.165) is 5.56 Å². The summed E-state index contributed by atoms with van der Waals surface area (Å²) in [7, 11) is 1.86. The Kier molecular flexibility index (Phi) is 4.56. The van der Waals surface area contributed by atoms with Crippen LogP contribution in [0, 0.1) is 12.8 Å². The highest BCUT2D eigenvalue weighted by Crippen LogP contribution is 2.17. The van der Waals surface area contributed by atoms with E-state index in [0.29, 0.717) is 13.2 Å². The number of nitrogens with one attached hydrogen (secondary N) is 2. The molecule has 1 saturated heterocycles. The lowest BCUT2D eigenvalue weighted by Crippen LogP contribution is -2.43. The third kappa shape index (κ3) is 3.33. The number of amides is 1. The molecule has 2 rings (SSSR count). The van der Waals surface area contributed by atoms with E-state index in [4.69, 9.17) is 4.74 Å². The maximum Gasteiger partial charge on any atom is 0.227 e. The van der Waals surface area contributed by atoms with Crippen LogP contribution >= 0.6 is 0 Å². The molecule has 0 bridgehead atoms. The fraction of sp³-hybridized carbons (Fsp3) is 0.533. The SMILES string of the molecule is CNC1COCC1C(=O)N[C@H](C)c1ccc(C)cc1. The number of benzene rings is 1. The normalized spacial score (nSPS) is 24.2. The maximum atomic E-state index is 12.2. The molecule has 1 fully saturated rings. The van der Waals surface area contributed by atoms with E-state index in [1.54, 1.807) is 0 Å². The second kappa shape index (κ2) is 6.17. The van der Waals surface area contributed by atoms with Crippen LogP contribution in [0.2, 0.25) is 0 Å². The van der Waals surface area contributed by atoms with Gasteiger partial charge in [0.05, 0.1) is 25.2 Å². The van der Waals surface area contributed by atoms with Crippen LogP contribution < -0.4 is 10.6 Å². The molecule has 19 heavy (non-hydrogen) atoms. The smallest absolute Gasteiger partial charge is 0.227 e. The van der Waals surface area contributed by atoms with Crippen LogP contribution in [0.25, 0.3) is 0 Å². The molecule has 104 valence electrons. The van der Waals surface area contributed by atoms with Gasteiger partial charge in [-0.3, -0.25) is 4.79 Å². The Labute approximate surface area is 114 Å². The van der Waals surface area contributed by atoms with Gasteiger partial charge in [-0.15, -0.1) is 0 Å². The van der Waals surface area contributed by atoms with Crippen molar-refractivity contribution in [2.45, 2.75) is 25.9 Å². The Morgan fingerprint density at radius 2 is 2.00 bits per heavy atom. The van der Waals surface area contributed by atoms with Gasteiger partial charge in [-0.05, 0) is 26.5 Å². The van der Waals surface area contributed by atoms with Crippen molar-refractivity contribution in [3.8, 4) is 0 Å². The highest BCUT2D eigenvalue weighted by molar-refractivity contribution is 5.80. The molecule has 4 nitrogen and oxygen atoms in total. The summed E-state index contributed by atoms with van der Waals surface area (Å²) in [6.07, 6.45) is 0. The predicted molar refractivity (Wildman–Crippen MR) is 74.9 cm³/mol. The monoisotopic (exact) mass is 262 g/mol. The van der Waals surface area contributed by atoms with Gasteiger partial charge in [0.25, 0.3) is 0 Å². The van der Waals surface area contributed by atoms with Crippen molar-refractivity contribution in [1.29, 1.82) is 0 Å². The van der Waals surface area contributed by atoms with Crippen molar-refractivity contribution >= 4 is 5.91 Å². The zero-order valence-electron chi connectivity index (χ0n) is 11.8. The van der Waals surface area contributed by atoms with E-state index >= 15 is 0 Å². The first-order valence-corrected chi connectivity index (χ1v) is 6.73. The van der Waals surface area contributed by atoms with Gasteiger partial charge in [0, 0.05) is 6.04 Å². The zero-order valence-corrected chi connectivity index (χ0v) is 11.8. The Hall–Kier alpha value is -1.39. The van der Waals surface area contributed by atoms with Crippen LogP contribution in [0.5, 0.6) is 0 Å². The maximum absolute atomic E-state index is 12.2. The van der Waals surface area contributed by atoms with E-state index in [1.165, 1.54) is 5.56 Å². The molecule has 1 aliphatic rings. The first kappa shape index (κ1) is 14.0. The van der Waals surface area contributed by atoms with E-state index in [2.05, 4.69) is 41.8 Å². The molecule has 1 aromatic rings. The van der Waals surface area contributed by atoms with Gasteiger partial charge < -0.3 is 15.4 Å². The molecule has 0 saturated carbocycles. The number of carbonyl (C=O) groups excluding carboxylic acids is 1. The summed E-state index contributed by atoms with van der Waals surface area (Å²) in [5.41, 5.74) is 2.35. The van der Waals surface area contributed by atoms with Crippen LogP contribution in [-0.2, 0) is 9.53 Å². The number of hydrogen-bond acceptors (Lipinski definition) is 3. The number of ether oxygens (including phenoxy) is 1. The number of rotatable bonds is 4. The molecular weight excluding hydrogens is 240 g/mol. The summed E-state index contributed by atoms with van der Waals surface area (Å²) in [6.45, 7) is 5.17. The predicted octanol–water partition coefficient (Wildman–Crippen LogP) is 1.41. The van der Waals surface area contributed by atoms with Gasteiger partial charge in [-0.2, -0.15) is 0 Å². The van der Waals surface area contributed by atoms with E-state index in [1.807, 2.05) is 14.0 Å². The van der Waals surface area contributed by atoms with E-state index in [9.17, 15) is 4.79 Å². The highest BCUT2D eigenvalue weighted by Gasteiger charge is 2.33. The van der Waals surface area contributed by atoms with E-state index in [-0.39, 0.29) is 23.9 Å². The summed E-state index contributed by atoms with van der Waals surface area (Å²) in [5.74, 6) is -0.0391. The Morgan fingerprint density at radius 3 is 2.63 bits per heavy atom. The largest absolute Gasteiger partial charge is 0.379 e. The van der Waals surface area contributed by atoms with Gasteiger partial charge in [-0.25, -0.2) is 0 Å². The minimum atomic E-state index is -0.0992. The molecular formula is C15H22N2O2. The fourth-order valence-electron chi connectivity index (χ4n) is 2.36. The second-order valence-corrected chi connectivity index (χ2v) is 5.18. The Morgan fingerprint density at radius 1 is 1.32 bits per heavy atom. The molecule has 1 amide bonds. The van der Waals surface area contributed by atoms with Crippen LogP contribution in [0.4, 0.5) is 0 Å². The summed E-state index contributed by atoms with van der Waals surface area (Å²) in [6, 6.07) is 8.37. The molecule has 4 heteroatoms. The van der Waals surface area contributed by atoms with Crippen molar-refractivity contribution in [3.05, 3.63) is 35.4 Å². The summed E-state index contributed by atoms with van der Waals surface area (Å²) in [4.78, 5) is 12.2. The molecule has 0 radical (unpaired) electrons. The van der Waals surface area contributed by atoms with Crippen molar-refractivity contribution < 1.29 is 9.53 Å². The van der Waals surface area contributed by atoms with Crippen LogP contribution in [0.3, 0.4) is 0 Å². The number of carbonyl (C=O) groups is 1. The van der Waals surface area contributed by atoms with Gasteiger partial charge >= 0.3 is 0 Å². The first-order chi connectivity index (χ1) is 9.11. The Balaban J connectivity index is 1.96. The highest BCUT2D eigenvalue weighted by atomic mass is 16.5. The van der Waals surface area contributed by atoms with Crippen molar-refractivity contribution in [2.24, 2.45) is 5.92 Å². The molecule has 1 aliphatic heterocycles. The van der Waals surface area contributed by atoms with Gasteiger partial charge in [0.1, 0.15) is 0 Å². The number of hydrogen-bond donors (Lipinski definition) is 2. The quantitative estimate of drug-likeness (QED) is 0.862. The topological polar surface area (TPSA) is 50.4 Å². The number of aryl methyl sites for hydroxylation is 1. The molecule has 0 aliphatic carbocycles. The van der Waals surface area contributed by atoms with Gasteiger partial charge in [-0.1, -0.05) is 29.8 Å². The summed E-state index contributed by atoms with van der Waals surface area (Å²) in [5, 5.41) is 6.19. The van der Waals surface area contributed by atoms with Gasteiger partial charge in [0.15, 0.2) is 0 Å². The minimum absolute atomic E-state index is 0.0196. The van der Waals surface area contributed by atoms with Crippen LogP contribution in [0.15, 0.2) is 24.3 Å².